The van der Waals surface area contributed by atoms with E-state index in [1.54, 1.807) is 6.07 Å². The normalized spacial score (nSPS) is 16.1. The van der Waals surface area contributed by atoms with Gasteiger partial charge >= 0.3 is 6.36 Å². The zero-order valence-electron chi connectivity index (χ0n) is 16.4. The van der Waals surface area contributed by atoms with E-state index in [0.717, 1.165) is 48.7 Å². The molecule has 0 aliphatic heterocycles. The number of rotatable bonds is 4. The molecule has 0 spiro atoms. The SMILES string of the molecule is FC(F)(F)Oc1ccc(-c2nc(-c3ccc4[nH]c5c(c4c3)CCC5)no2)c(C2CC2)c1. The highest BCUT2D eigenvalue weighted by molar-refractivity contribution is 5.89. The number of aromatic nitrogens is 3. The number of nitrogens with one attached hydrogen (secondary N) is 1. The predicted octanol–water partition coefficient (Wildman–Crippen LogP) is 6.15. The van der Waals surface area contributed by atoms with E-state index in [2.05, 4.69) is 25.9 Å². The van der Waals surface area contributed by atoms with Gasteiger partial charge in [0.05, 0.1) is 0 Å². The molecule has 5 nitrogen and oxygen atoms in total. The van der Waals surface area contributed by atoms with Gasteiger partial charge < -0.3 is 14.2 Å². The monoisotopic (exact) mass is 425 g/mol. The van der Waals surface area contributed by atoms with Crippen LogP contribution in [0.2, 0.25) is 0 Å². The first-order valence-corrected chi connectivity index (χ1v) is 10.3. The van der Waals surface area contributed by atoms with Crippen molar-refractivity contribution < 1.29 is 22.4 Å². The van der Waals surface area contributed by atoms with Gasteiger partial charge in [-0.15, -0.1) is 13.2 Å². The Morgan fingerprint density at radius 1 is 1.06 bits per heavy atom. The average Bonchev–Trinajstić information content (AvgIpc) is 3.13. The van der Waals surface area contributed by atoms with Crippen molar-refractivity contribution in [2.45, 2.75) is 44.4 Å². The summed E-state index contributed by atoms with van der Waals surface area (Å²) in [5.74, 6) is 0.711. The lowest BCUT2D eigenvalue weighted by Crippen LogP contribution is -2.17. The number of benzene rings is 2. The first kappa shape index (κ1) is 18.5. The molecule has 6 rings (SSSR count). The highest BCUT2D eigenvalue weighted by atomic mass is 19.4. The van der Waals surface area contributed by atoms with E-state index in [1.165, 1.54) is 28.8 Å². The van der Waals surface area contributed by atoms with Crippen molar-refractivity contribution >= 4 is 10.9 Å². The van der Waals surface area contributed by atoms with E-state index >= 15 is 0 Å². The molecule has 2 heterocycles. The maximum Gasteiger partial charge on any atom is 0.573 e. The summed E-state index contributed by atoms with van der Waals surface area (Å²) in [6.07, 6.45) is 0.400. The van der Waals surface area contributed by atoms with Gasteiger partial charge in [0.2, 0.25) is 5.82 Å². The maximum atomic E-state index is 12.6. The van der Waals surface area contributed by atoms with Crippen molar-refractivity contribution in [3.63, 3.8) is 0 Å². The fourth-order valence-electron chi connectivity index (χ4n) is 4.50. The fourth-order valence-corrected chi connectivity index (χ4v) is 4.50. The molecule has 0 unspecified atom stereocenters. The Bertz CT molecular complexity index is 1300. The van der Waals surface area contributed by atoms with Gasteiger partial charge in [-0.2, -0.15) is 4.98 Å². The van der Waals surface area contributed by atoms with Crippen LogP contribution in [-0.2, 0) is 12.8 Å². The summed E-state index contributed by atoms with van der Waals surface area (Å²) in [6, 6.07) is 10.3. The summed E-state index contributed by atoms with van der Waals surface area (Å²) in [4.78, 5) is 8.04. The number of aryl methyl sites for hydroxylation is 2. The molecule has 0 atom stereocenters. The van der Waals surface area contributed by atoms with Crippen LogP contribution in [0.3, 0.4) is 0 Å². The van der Waals surface area contributed by atoms with E-state index in [9.17, 15) is 13.2 Å². The molecule has 0 radical (unpaired) electrons. The molecule has 2 aromatic heterocycles. The second-order valence-corrected chi connectivity index (χ2v) is 8.19. The van der Waals surface area contributed by atoms with E-state index in [-0.39, 0.29) is 11.7 Å². The fraction of sp³-hybridized carbons (Fsp3) is 0.304. The molecule has 0 saturated heterocycles. The van der Waals surface area contributed by atoms with Crippen molar-refractivity contribution in [3.05, 3.63) is 53.2 Å². The van der Waals surface area contributed by atoms with Gasteiger partial charge in [-0.25, -0.2) is 0 Å². The zero-order chi connectivity index (χ0) is 21.2. The van der Waals surface area contributed by atoms with E-state index < -0.39 is 6.36 Å². The predicted molar refractivity (Wildman–Crippen MR) is 108 cm³/mol. The molecular weight excluding hydrogens is 407 g/mol. The molecule has 1 N–H and O–H groups in total. The van der Waals surface area contributed by atoms with Crippen molar-refractivity contribution in [3.8, 4) is 28.6 Å². The molecule has 0 amide bonds. The van der Waals surface area contributed by atoms with E-state index in [1.807, 2.05) is 12.1 Å². The third-order valence-electron chi connectivity index (χ3n) is 6.04. The van der Waals surface area contributed by atoms with Crippen LogP contribution in [0.5, 0.6) is 5.75 Å². The lowest BCUT2D eigenvalue weighted by molar-refractivity contribution is -0.274. The Labute approximate surface area is 175 Å². The minimum atomic E-state index is -4.73. The Hall–Kier alpha value is -3.29. The number of hydrogen-bond acceptors (Lipinski definition) is 4. The molecule has 1 saturated carbocycles. The number of aromatic amines is 1. The van der Waals surface area contributed by atoms with Crippen LogP contribution < -0.4 is 4.74 Å². The molecular formula is C23H18F3N3O2. The molecule has 2 aromatic carbocycles. The molecule has 4 aromatic rings. The number of alkyl halides is 3. The third-order valence-corrected chi connectivity index (χ3v) is 6.04. The number of hydrogen-bond donors (Lipinski definition) is 1. The van der Waals surface area contributed by atoms with Crippen LogP contribution in [0, 0.1) is 0 Å². The van der Waals surface area contributed by atoms with Crippen LogP contribution in [0.15, 0.2) is 40.9 Å². The van der Waals surface area contributed by atoms with Gasteiger partial charge in [-0.05, 0) is 85.5 Å². The average molecular weight is 425 g/mol. The smallest absolute Gasteiger partial charge is 0.406 e. The Morgan fingerprint density at radius 2 is 1.94 bits per heavy atom. The van der Waals surface area contributed by atoms with E-state index in [0.29, 0.717) is 17.3 Å². The lowest BCUT2D eigenvalue weighted by Gasteiger charge is -2.11. The molecule has 31 heavy (non-hydrogen) atoms. The summed E-state index contributed by atoms with van der Waals surface area (Å²) in [7, 11) is 0. The lowest BCUT2D eigenvalue weighted by atomic mass is 10.0. The van der Waals surface area contributed by atoms with E-state index in [4.69, 9.17) is 4.52 Å². The van der Waals surface area contributed by atoms with Crippen LogP contribution in [0.4, 0.5) is 13.2 Å². The Balaban J connectivity index is 1.36. The van der Waals surface area contributed by atoms with Gasteiger partial charge in [0.1, 0.15) is 5.75 Å². The summed E-state index contributed by atoms with van der Waals surface area (Å²) >= 11 is 0. The standard InChI is InChI=1S/C23H18F3N3O2/c24-23(25,26)30-14-7-8-16(17(11-14)12-4-5-12)22-28-21(29-31-22)13-6-9-20-18(10-13)15-2-1-3-19(15)27-20/h6-12,27H,1-5H2. The maximum absolute atomic E-state index is 12.6. The van der Waals surface area contributed by atoms with Crippen molar-refractivity contribution in [1.82, 2.24) is 15.1 Å². The highest BCUT2D eigenvalue weighted by Gasteiger charge is 2.33. The van der Waals surface area contributed by atoms with Gasteiger partial charge in [-0.1, -0.05) is 5.16 Å². The first-order chi connectivity index (χ1) is 14.9. The van der Waals surface area contributed by atoms with Crippen LogP contribution >= 0.6 is 0 Å². The quantitative estimate of drug-likeness (QED) is 0.426. The third kappa shape index (κ3) is 3.36. The summed E-state index contributed by atoms with van der Waals surface area (Å²) < 4.78 is 47.4. The zero-order valence-corrected chi connectivity index (χ0v) is 16.4. The van der Waals surface area contributed by atoms with Crippen molar-refractivity contribution in [1.29, 1.82) is 0 Å². The number of halogens is 3. The number of fused-ring (bicyclic) bond motifs is 3. The molecule has 0 bridgehead atoms. The second kappa shape index (κ2) is 6.60. The van der Waals surface area contributed by atoms with Crippen LogP contribution in [0.1, 0.15) is 42.0 Å². The minimum Gasteiger partial charge on any atom is -0.406 e. The molecule has 158 valence electrons. The molecule has 1 fully saturated rings. The Kier molecular flexibility index (Phi) is 3.94. The summed E-state index contributed by atoms with van der Waals surface area (Å²) in [5, 5.41) is 5.33. The topological polar surface area (TPSA) is 63.9 Å². The minimum absolute atomic E-state index is 0.181. The van der Waals surface area contributed by atoms with Gasteiger partial charge in [0.25, 0.3) is 5.89 Å². The van der Waals surface area contributed by atoms with Crippen LogP contribution in [-0.4, -0.2) is 21.5 Å². The van der Waals surface area contributed by atoms with Crippen LogP contribution in [0.25, 0.3) is 33.7 Å². The number of nitrogens with zero attached hydrogens (tertiary/aromatic N) is 2. The molecule has 2 aliphatic carbocycles. The van der Waals surface area contributed by atoms with Gasteiger partial charge in [0.15, 0.2) is 0 Å². The van der Waals surface area contributed by atoms with Gasteiger partial charge in [-0.3, -0.25) is 0 Å². The highest BCUT2D eigenvalue weighted by Crippen LogP contribution is 2.46. The number of ether oxygens (including phenoxy) is 1. The first-order valence-electron chi connectivity index (χ1n) is 10.3. The van der Waals surface area contributed by atoms with Gasteiger partial charge in [0, 0.05) is 27.7 Å². The molecule has 2 aliphatic rings. The second-order valence-electron chi connectivity index (χ2n) is 8.19. The summed E-state index contributed by atoms with van der Waals surface area (Å²) in [6.45, 7) is 0. The Morgan fingerprint density at radius 3 is 2.74 bits per heavy atom. The van der Waals surface area contributed by atoms with Crippen molar-refractivity contribution in [2.75, 3.05) is 0 Å². The summed E-state index contributed by atoms with van der Waals surface area (Å²) in [5.41, 5.74) is 6.01. The molecule has 8 heteroatoms. The number of H-pyrrole nitrogens is 1. The van der Waals surface area contributed by atoms with Crippen molar-refractivity contribution in [2.24, 2.45) is 0 Å². The largest absolute Gasteiger partial charge is 0.573 e.